The number of fused-ring (bicyclic) bond motifs is 1. The maximum atomic E-state index is 4.83. The lowest BCUT2D eigenvalue weighted by molar-refractivity contribution is 0.482. The van der Waals surface area contributed by atoms with Crippen LogP contribution in [0.4, 0.5) is 0 Å². The number of hydrogen-bond donors (Lipinski definition) is 1. The van der Waals surface area contributed by atoms with Crippen LogP contribution in [0.2, 0.25) is 0 Å². The topological polar surface area (TPSA) is 90.1 Å². The van der Waals surface area contributed by atoms with Crippen LogP contribution in [0, 0.1) is 12.8 Å². The molecule has 0 unspecified atom stereocenters. The second-order valence-corrected chi connectivity index (χ2v) is 6.86. The van der Waals surface area contributed by atoms with Crippen molar-refractivity contribution < 1.29 is 0 Å². The summed E-state index contributed by atoms with van der Waals surface area (Å²) in [5.41, 5.74) is 2.60. The lowest BCUT2D eigenvalue weighted by Crippen LogP contribution is -2.09. The van der Waals surface area contributed by atoms with Crippen molar-refractivity contribution in [3.05, 3.63) is 42.6 Å². The van der Waals surface area contributed by atoms with Crippen molar-refractivity contribution in [3.63, 3.8) is 0 Å². The van der Waals surface area contributed by atoms with Crippen molar-refractivity contribution in [1.82, 2.24) is 39.3 Å². The molecule has 0 spiro atoms. The largest absolute Gasteiger partial charge is 0.340 e. The van der Waals surface area contributed by atoms with Crippen LogP contribution in [0.1, 0.15) is 25.5 Å². The van der Waals surface area contributed by atoms with E-state index in [1.807, 2.05) is 34.8 Å². The highest BCUT2D eigenvalue weighted by molar-refractivity contribution is 5.87. The van der Waals surface area contributed by atoms with Crippen LogP contribution in [0.25, 0.3) is 22.6 Å². The molecule has 0 radical (unpaired) electrons. The summed E-state index contributed by atoms with van der Waals surface area (Å²) in [6.45, 7) is 7.91. The number of pyridine rings is 1. The summed E-state index contributed by atoms with van der Waals surface area (Å²) in [7, 11) is 0. The number of rotatable bonds is 6. The summed E-state index contributed by atoms with van der Waals surface area (Å²) in [6, 6.07) is 1.97. The summed E-state index contributed by atoms with van der Waals surface area (Å²) >= 11 is 0. The molecule has 0 aliphatic carbocycles. The normalized spacial score (nSPS) is 11.7. The van der Waals surface area contributed by atoms with E-state index in [2.05, 4.69) is 33.8 Å². The molecule has 0 aliphatic heterocycles. The van der Waals surface area contributed by atoms with E-state index in [0.29, 0.717) is 11.6 Å². The van der Waals surface area contributed by atoms with Gasteiger partial charge in [-0.15, -0.1) is 0 Å². The first-order valence-corrected chi connectivity index (χ1v) is 8.81. The fraction of sp³-hybridized carbons (Fsp3) is 0.389. The van der Waals surface area contributed by atoms with E-state index in [-0.39, 0.29) is 0 Å². The number of aromatic nitrogens is 8. The molecule has 0 saturated carbocycles. The number of imidazole rings is 2. The van der Waals surface area contributed by atoms with Gasteiger partial charge in [0.1, 0.15) is 5.82 Å². The molecule has 0 bridgehead atoms. The number of aromatic amines is 1. The summed E-state index contributed by atoms with van der Waals surface area (Å²) in [4.78, 5) is 21.0. The van der Waals surface area contributed by atoms with Gasteiger partial charge < -0.3 is 9.55 Å². The predicted molar refractivity (Wildman–Crippen MR) is 98.4 cm³/mol. The highest BCUT2D eigenvalue weighted by Crippen LogP contribution is 2.25. The molecular formula is C18H22N8. The van der Waals surface area contributed by atoms with Gasteiger partial charge in [0.15, 0.2) is 17.3 Å². The van der Waals surface area contributed by atoms with E-state index >= 15 is 0 Å². The second kappa shape index (κ2) is 6.70. The van der Waals surface area contributed by atoms with Crippen LogP contribution >= 0.6 is 0 Å². The van der Waals surface area contributed by atoms with Crippen LogP contribution in [0.15, 0.2) is 31.0 Å². The minimum Gasteiger partial charge on any atom is -0.340 e. The zero-order valence-electron chi connectivity index (χ0n) is 15.2. The molecule has 0 amide bonds. The van der Waals surface area contributed by atoms with Crippen molar-refractivity contribution in [2.75, 3.05) is 0 Å². The van der Waals surface area contributed by atoms with Crippen LogP contribution < -0.4 is 0 Å². The van der Waals surface area contributed by atoms with Crippen molar-refractivity contribution in [2.24, 2.45) is 5.92 Å². The first-order valence-electron chi connectivity index (χ1n) is 8.81. The zero-order valence-corrected chi connectivity index (χ0v) is 15.2. The monoisotopic (exact) mass is 350 g/mol. The molecule has 0 fully saturated rings. The Balaban J connectivity index is 1.73. The van der Waals surface area contributed by atoms with Crippen LogP contribution in [0.3, 0.4) is 0 Å². The molecule has 4 aromatic heterocycles. The Morgan fingerprint density at radius 2 is 2.08 bits per heavy atom. The standard InChI is InChI=1S/C18H22N8/c1-12(2)10-26-18(14-4-6-20-17-16(14)21-13(3)22-17)23-15(24-26)5-8-25-9-7-19-11-25/h4,6-7,9,11-12H,5,8,10H2,1-3H3,(H,20,21,22). The minimum atomic E-state index is 0.470. The van der Waals surface area contributed by atoms with E-state index in [9.17, 15) is 0 Å². The smallest absolute Gasteiger partial charge is 0.178 e. The number of hydrogen-bond acceptors (Lipinski definition) is 5. The maximum absolute atomic E-state index is 4.83. The molecule has 0 saturated heterocycles. The maximum Gasteiger partial charge on any atom is 0.178 e. The van der Waals surface area contributed by atoms with Gasteiger partial charge in [-0.3, -0.25) is 0 Å². The van der Waals surface area contributed by atoms with E-state index in [0.717, 1.165) is 48.1 Å². The second-order valence-electron chi connectivity index (χ2n) is 6.86. The van der Waals surface area contributed by atoms with E-state index in [1.165, 1.54) is 0 Å². The molecule has 8 nitrogen and oxygen atoms in total. The molecule has 0 aromatic carbocycles. The Hall–Kier alpha value is -3.03. The molecule has 4 heterocycles. The molecule has 8 heteroatoms. The molecule has 4 aromatic rings. The Kier molecular flexibility index (Phi) is 4.24. The summed E-state index contributed by atoms with van der Waals surface area (Å²) < 4.78 is 4.03. The van der Waals surface area contributed by atoms with Crippen molar-refractivity contribution in [1.29, 1.82) is 0 Å². The third-order valence-corrected chi connectivity index (χ3v) is 4.16. The minimum absolute atomic E-state index is 0.470. The van der Waals surface area contributed by atoms with E-state index < -0.39 is 0 Å². The van der Waals surface area contributed by atoms with E-state index in [1.54, 1.807) is 12.4 Å². The lowest BCUT2D eigenvalue weighted by Gasteiger charge is -2.08. The average molecular weight is 350 g/mol. The first-order chi connectivity index (χ1) is 12.6. The number of nitrogens with one attached hydrogen (secondary N) is 1. The van der Waals surface area contributed by atoms with Gasteiger partial charge in [-0.25, -0.2) is 24.6 Å². The average Bonchev–Trinajstić information content (AvgIpc) is 3.30. The summed E-state index contributed by atoms with van der Waals surface area (Å²) in [6.07, 6.45) is 8.07. The fourth-order valence-electron chi connectivity index (χ4n) is 3.03. The predicted octanol–water partition coefficient (Wildman–Crippen LogP) is 2.62. The van der Waals surface area contributed by atoms with Gasteiger partial charge in [-0.1, -0.05) is 13.8 Å². The van der Waals surface area contributed by atoms with Crippen LogP contribution in [-0.4, -0.2) is 39.3 Å². The van der Waals surface area contributed by atoms with Gasteiger partial charge in [-0.2, -0.15) is 5.10 Å². The van der Waals surface area contributed by atoms with E-state index in [4.69, 9.17) is 10.1 Å². The van der Waals surface area contributed by atoms with Crippen molar-refractivity contribution in [2.45, 2.75) is 40.3 Å². The SMILES string of the molecule is Cc1nc2nccc(-c3nc(CCn4ccnc4)nn3CC(C)C)c2[nH]1. The molecule has 134 valence electrons. The summed E-state index contributed by atoms with van der Waals surface area (Å²) in [5.74, 6) is 3.00. The Morgan fingerprint density at radius 1 is 1.19 bits per heavy atom. The Bertz CT molecular complexity index is 1010. The molecule has 4 rings (SSSR count). The quantitative estimate of drug-likeness (QED) is 0.577. The molecule has 26 heavy (non-hydrogen) atoms. The van der Waals surface area contributed by atoms with Gasteiger partial charge >= 0.3 is 0 Å². The van der Waals surface area contributed by atoms with Gasteiger partial charge in [0.05, 0.1) is 11.8 Å². The number of H-pyrrole nitrogens is 1. The molecule has 0 aliphatic rings. The van der Waals surface area contributed by atoms with Crippen LogP contribution in [0.5, 0.6) is 0 Å². The van der Waals surface area contributed by atoms with Gasteiger partial charge in [0, 0.05) is 43.7 Å². The third-order valence-electron chi connectivity index (χ3n) is 4.16. The van der Waals surface area contributed by atoms with Crippen LogP contribution in [-0.2, 0) is 19.5 Å². The number of aryl methyl sites for hydroxylation is 3. The molecular weight excluding hydrogens is 328 g/mol. The molecule has 1 N–H and O–H groups in total. The molecule has 0 atom stereocenters. The highest BCUT2D eigenvalue weighted by atomic mass is 15.3. The number of nitrogens with zero attached hydrogens (tertiary/aromatic N) is 7. The highest BCUT2D eigenvalue weighted by Gasteiger charge is 2.17. The Morgan fingerprint density at radius 3 is 2.85 bits per heavy atom. The fourth-order valence-corrected chi connectivity index (χ4v) is 3.03. The summed E-state index contributed by atoms with van der Waals surface area (Å²) in [5, 5.41) is 4.76. The van der Waals surface area contributed by atoms with Gasteiger partial charge in [-0.05, 0) is 18.9 Å². The lowest BCUT2D eigenvalue weighted by atomic mass is 10.2. The zero-order chi connectivity index (χ0) is 18.1. The third kappa shape index (κ3) is 3.22. The van der Waals surface area contributed by atoms with Gasteiger partial charge in [0.2, 0.25) is 0 Å². The van der Waals surface area contributed by atoms with Crippen molar-refractivity contribution in [3.8, 4) is 11.4 Å². The van der Waals surface area contributed by atoms with Crippen molar-refractivity contribution >= 4 is 11.2 Å². The first kappa shape index (κ1) is 16.4. The Labute approximate surface area is 151 Å². The van der Waals surface area contributed by atoms with Gasteiger partial charge in [0.25, 0.3) is 0 Å².